The van der Waals surface area contributed by atoms with Gasteiger partial charge in [-0.3, -0.25) is 0 Å². The van der Waals surface area contributed by atoms with Crippen LogP contribution in [0.2, 0.25) is 0 Å². The van der Waals surface area contributed by atoms with Gasteiger partial charge in [-0.15, -0.1) is 0 Å². The van der Waals surface area contributed by atoms with Gasteiger partial charge in [-0.2, -0.15) is 0 Å². The molecule has 3 rings (SSSR count). The van der Waals surface area contributed by atoms with Crippen molar-refractivity contribution in [3.05, 3.63) is 0 Å². The van der Waals surface area contributed by atoms with Crippen molar-refractivity contribution in [2.24, 2.45) is 11.8 Å². The van der Waals surface area contributed by atoms with E-state index in [2.05, 4.69) is 36.0 Å². The van der Waals surface area contributed by atoms with Gasteiger partial charge < -0.3 is 24.8 Å². The predicted octanol–water partition coefficient (Wildman–Crippen LogP) is 2.25. The van der Waals surface area contributed by atoms with Gasteiger partial charge in [0.25, 0.3) is 0 Å². The summed E-state index contributed by atoms with van der Waals surface area (Å²) in [7, 11) is 2.17. The first-order chi connectivity index (χ1) is 13.0. The molecule has 1 spiro atoms. The summed E-state index contributed by atoms with van der Waals surface area (Å²) in [5.41, 5.74) is -0.220. The number of amides is 1. The summed E-state index contributed by atoms with van der Waals surface area (Å²) in [5, 5.41) is 3.52. The second-order valence-electron chi connectivity index (χ2n) is 9.50. The Morgan fingerprint density at radius 2 is 2.11 bits per heavy atom. The molecule has 156 valence electrons. The number of likely N-dealkylation sites (tertiary alicyclic amines) is 1. The molecular formula is C21H40N4O2. The van der Waals surface area contributed by atoms with Gasteiger partial charge in [0.1, 0.15) is 5.60 Å². The van der Waals surface area contributed by atoms with E-state index >= 15 is 0 Å². The summed E-state index contributed by atoms with van der Waals surface area (Å²) < 4.78 is 5.90. The molecular weight excluding hydrogens is 340 g/mol. The van der Waals surface area contributed by atoms with Crippen LogP contribution in [0.25, 0.3) is 0 Å². The number of ether oxygens (including phenoxy) is 1. The number of hydrogen-bond donors (Lipinski definition) is 1. The average Bonchev–Trinajstić information content (AvgIpc) is 2.93. The lowest BCUT2D eigenvalue weighted by Gasteiger charge is -2.39. The van der Waals surface area contributed by atoms with Crippen molar-refractivity contribution in [1.29, 1.82) is 0 Å². The Morgan fingerprint density at radius 1 is 1.33 bits per heavy atom. The first-order valence-corrected chi connectivity index (χ1v) is 11.1. The van der Waals surface area contributed by atoms with Crippen molar-refractivity contribution in [1.82, 2.24) is 20.0 Å². The molecule has 3 saturated heterocycles. The largest absolute Gasteiger partial charge is 0.441 e. The number of rotatable bonds is 8. The molecule has 0 aromatic carbocycles. The van der Waals surface area contributed by atoms with E-state index in [4.69, 9.17) is 4.74 Å². The standard InChI is InChI=1S/C21H40N4O2/c1-18(2)15-23(3)10-5-11-25-17-21(27-20(25)26)7-12-24(13-8-21)16-19-6-4-9-22-14-19/h18-19,22H,4-17H2,1-3H3/t19-/m0/s1. The Kier molecular flexibility index (Phi) is 7.40. The van der Waals surface area contributed by atoms with E-state index in [0.717, 1.165) is 71.0 Å². The molecule has 3 heterocycles. The van der Waals surface area contributed by atoms with Crippen LogP contribution in [-0.4, -0.2) is 92.3 Å². The van der Waals surface area contributed by atoms with Gasteiger partial charge in [0.15, 0.2) is 0 Å². The monoisotopic (exact) mass is 380 g/mol. The number of piperidine rings is 2. The topological polar surface area (TPSA) is 48.0 Å². The Balaban J connectivity index is 1.38. The average molecular weight is 381 g/mol. The highest BCUT2D eigenvalue weighted by atomic mass is 16.6. The molecule has 3 aliphatic rings. The summed E-state index contributed by atoms with van der Waals surface area (Å²) in [5.74, 6) is 1.47. The fourth-order valence-corrected chi connectivity index (χ4v) is 4.96. The summed E-state index contributed by atoms with van der Waals surface area (Å²) >= 11 is 0. The second kappa shape index (κ2) is 9.57. The Morgan fingerprint density at radius 3 is 2.78 bits per heavy atom. The van der Waals surface area contributed by atoms with Gasteiger partial charge in [0.05, 0.1) is 6.54 Å². The van der Waals surface area contributed by atoms with Crippen LogP contribution in [0.3, 0.4) is 0 Å². The van der Waals surface area contributed by atoms with Gasteiger partial charge in [0, 0.05) is 45.6 Å². The fraction of sp³-hybridized carbons (Fsp3) is 0.952. The van der Waals surface area contributed by atoms with E-state index in [1.807, 2.05) is 4.90 Å². The SMILES string of the molecule is CC(C)CN(C)CCCN1CC2(CCN(C[C@H]3CCCNC3)CC2)OC1=O. The Bertz CT molecular complexity index is 471. The highest BCUT2D eigenvalue weighted by molar-refractivity contribution is 5.70. The Hall–Kier alpha value is -0.850. The minimum absolute atomic E-state index is 0.0913. The second-order valence-corrected chi connectivity index (χ2v) is 9.50. The minimum atomic E-state index is -0.220. The highest BCUT2D eigenvalue weighted by Crippen LogP contribution is 2.33. The zero-order chi connectivity index (χ0) is 19.3. The maximum Gasteiger partial charge on any atom is 0.410 e. The van der Waals surface area contributed by atoms with Crippen LogP contribution >= 0.6 is 0 Å². The molecule has 0 radical (unpaired) electrons. The van der Waals surface area contributed by atoms with Crippen LogP contribution in [0.4, 0.5) is 4.79 Å². The molecule has 1 amide bonds. The van der Waals surface area contributed by atoms with Crippen molar-refractivity contribution in [2.45, 2.75) is 51.6 Å². The number of carbonyl (C=O) groups is 1. The molecule has 0 saturated carbocycles. The van der Waals surface area contributed by atoms with Crippen LogP contribution < -0.4 is 5.32 Å². The van der Waals surface area contributed by atoms with Gasteiger partial charge in [0.2, 0.25) is 0 Å². The maximum atomic E-state index is 12.4. The number of hydrogen-bond acceptors (Lipinski definition) is 5. The lowest BCUT2D eigenvalue weighted by Crippen LogP contribution is -2.49. The summed E-state index contributed by atoms with van der Waals surface area (Å²) in [6.07, 6.45) is 5.57. The van der Waals surface area contributed by atoms with E-state index < -0.39 is 0 Å². The first kappa shape index (κ1) is 20.9. The minimum Gasteiger partial charge on any atom is -0.441 e. The van der Waals surface area contributed by atoms with Crippen LogP contribution in [0.15, 0.2) is 0 Å². The van der Waals surface area contributed by atoms with E-state index in [-0.39, 0.29) is 11.7 Å². The van der Waals surface area contributed by atoms with Crippen molar-refractivity contribution >= 4 is 6.09 Å². The first-order valence-electron chi connectivity index (χ1n) is 11.1. The molecule has 3 aliphatic heterocycles. The maximum absolute atomic E-state index is 12.4. The van der Waals surface area contributed by atoms with Crippen molar-refractivity contribution in [3.63, 3.8) is 0 Å². The third-order valence-electron chi connectivity index (χ3n) is 6.37. The number of nitrogens with one attached hydrogen (secondary N) is 1. The third kappa shape index (κ3) is 6.06. The molecule has 0 bridgehead atoms. The summed E-state index contributed by atoms with van der Waals surface area (Å²) in [4.78, 5) is 19.3. The van der Waals surface area contributed by atoms with Gasteiger partial charge in [-0.1, -0.05) is 13.8 Å². The smallest absolute Gasteiger partial charge is 0.410 e. The normalized spacial score (nSPS) is 26.3. The van der Waals surface area contributed by atoms with Crippen molar-refractivity contribution < 1.29 is 9.53 Å². The zero-order valence-corrected chi connectivity index (χ0v) is 17.7. The summed E-state index contributed by atoms with van der Waals surface area (Å²) in [6, 6.07) is 0. The molecule has 1 atom stereocenters. The molecule has 6 nitrogen and oxygen atoms in total. The van der Waals surface area contributed by atoms with E-state index in [1.54, 1.807) is 0 Å². The number of nitrogens with zero attached hydrogens (tertiary/aromatic N) is 3. The van der Waals surface area contributed by atoms with Crippen LogP contribution in [-0.2, 0) is 4.74 Å². The van der Waals surface area contributed by atoms with E-state index in [9.17, 15) is 4.79 Å². The number of carbonyl (C=O) groups excluding carboxylic acids is 1. The van der Waals surface area contributed by atoms with Gasteiger partial charge in [-0.05, 0) is 57.8 Å². The molecule has 6 heteroatoms. The third-order valence-corrected chi connectivity index (χ3v) is 6.37. The molecule has 1 N–H and O–H groups in total. The quantitative estimate of drug-likeness (QED) is 0.700. The van der Waals surface area contributed by atoms with Crippen LogP contribution in [0.5, 0.6) is 0 Å². The molecule has 0 aromatic rings. The van der Waals surface area contributed by atoms with Gasteiger partial charge >= 0.3 is 6.09 Å². The van der Waals surface area contributed by atoms with Gasteiger partial charge in [-0.25, -0.2) is 4.79 Å². The van der Waals surface area contributed by atoms with E-state index in [0.29, 0.717) is 5.92 Å². The van der Waals surface area contributed by atoms with Crippen molar-refractivity contribution in [3.8, 4) is 0 Å². The molecule has 0 aliphatic carbocycles. The summed E-state index contributed by atoms with van der Waals surface area (Å²) in [6.45, 7) is 13.9. The molecule has 0 unspecified atom stereocenters. The fourth-order valence-electron chi connectivity index (χ4n) is 4.96. The van der Waals surface area contributed by atoms with Crippen molar-refractivity contribution in [2.75, 3.05) is 66.0 Å². The van der Waals surface area contributed by atoms with E-state index in [1.165, 1.54) is 25.9 Å². The highest BCUT2D eigenvalue weighted by Gasteiger charge is 2.46. The molecule has 0 aromatic heterocycles. The Labute approximate surface area is 165 Å². The zero-order valence-electron chi connectivity index (χ0n) is 17.7. The van der Waals surface area contributed by atoms with Crippen LogP contribution in [0.1, 0.15) is 46.0 Å². The molecule has 3 fully saturated rings. The molecule has 27 heavy (non-hydrogen) atoms. The predicted molar refractivity (Wildman–Crippen MR) is 109 cm³/mol. The van der Waals surface area contributed by atoms with Crippen LogP contribution in [0, 0.1) is 11.8 Å². The lowest BCUT2D eigenvalue weighted by molar-refractivity contribution is -0.00339. The lowest BCUT2D eigenvalue weighted by atomic mass is 9.90.